The third-order valence-electron chi connectivity index (χ3n) is 3.12. The fourth-order valence-corrected chi connectivity index (χ4v) is 3.62. The normalized spacial score (nSPS) is 13.4. The maximum absolute atomic E-state index is 12.6. The fraction of sp³-hybridized carbons (Fsp3) is 0.333. The van der Waals surface area contributed by atoms with Crippen molar-refractivity contribution in [2.24, 2.45) is 0 Å². The molecule has 0 saturated carbocycles. The molecule has 0 radical (unpaired) electrons. The molecular weight excluding hydrogens is 363 g/mol. The van der Waals surface area contributed by atoms with E-state index < -0.39 is 11.7 Å². The molecule has 0 bridgehead atoms. The van der Waals surface area contributed by atoms with Gasteiger partial charge in [0.2, 0.25) is 0 Å². The SMILES string of the molecule is CCNC(Cc1cc(Br)cs1)c1ccc(C(F)(F)F)cc1. The Labute approximate surface area is 134 Å². The lowest BCUT2D eigenvalue weighted by atomic mass is 10.0. The Morgan fingerprint density at radius 2 is 1.90 bits per heavy atom. The predicted octanol–water partition coefficient (Wildman–Crippen LogP) is 5.42. The van der Waals surface area contributed by atoms with Crippen LogP contribution in [0.15, 0.2) is 40.2 Å². The highest BCUT2D eigenvalue weighted by Gasteiger charge is 2.30. The highest BCUT2D eigenvalue weighted by atomic mass is 79.9. The Kier molecular flexibility index (Phi) is 5.46. The van der Waals surface area contributed by atoms with Gasteiger partial charge in [0.15, 0.2) is 0 Å². The van der Waals surface area contributed by atoms with Crippen molar-refractivity contribution in [1.29, 1.82) is 0 Å². The second-order valence-electron chi connectivity index (χ2n) is 4.67. The molecule has 1 atom stereocenters. The molecular formula is C15H15BrF3NS. The van der Waals surface area contributed by atoms with Crippen molar-refractivity contribution < 1.29 is 13.2 Å². The monoisotopic (exact) mass is 377 g/mol. The maximum atomic E-state index is 12.6. The molecule has 1 aromatic carbocycles. The minimum atomic E-state index is -4.29. The van der Waals surface area contributed by atoms with Gasteiger partial charge in [0.25, 0.3) is 0 Å². The van der Waals surface area contributed by atoms with E-state index in [2.05, 4.69) is 21.2 Å². The van der Waals surface area contributed by atoms with Gasteiger partial charge in [0.05, 0.1) is 5.56 Å². The van der Waals surface area contributed by atoms with Crippen molar-refractivity contribution in [3.63, 3.8) is 0 Å². The number of benzene rings is 1. The molecule has 2 rings (SSSR count). The minimum Gasteiger partial charge on any atom is -0.310 e. The first kappa shape index (κ1) is 16.5. The molecule has 114 valence electrons. The Morgan fingerprint density at radius 1 is 1.24 bits per heavy atom. The summed E-state index contributed by atoms with van der Waals surface area (Å²) in [5.74, 6) is 0. The summed E-state index contributed by atoms with van der Waals surface area (Å²) >= 11 is 5.05. The van der Waals surface area contributed by atoms with E-state index in [4.69, 9.17) is 0 Å². The van der Waals surface area contributed by atoms with E-state index in [1.165, 1.54) is 4.88 Å². The second-order valence-corrected chi connectivity index (χ2v) is 6.58. The zero-order chi connectivity index (χ0) is 15.5. The first-order valence-corrected chi connectivity index (χ1v) is 8.21. The lowest BCUT2D eigenvalue weighted by Crippen LogP contribution is -2.22. The molecule has 1 nitrogen and oxygen atoms in total. The Balaban J connectivity index is 2.17. The third kappa shape index (κ3) is 4.56. The van der Waals surface area contributed by atoms with Crippen LogP contribution in [0.2, 0.25) is 0 Å². The minimum absolute atomic E-state index is 0.0165. The van der Waals surface area contributed by atoms with Crippen molar-refractivity contribution in [2.45, 2.75) is 25.6 Å². The predicted molar refractivity (Wildman–Crippen MR) is 83.6 cm³/mol. The lowest BCUT2D eigenvalue weighted by molar-refractivity contribution is -0.137. The number of halogens is 4. The number of likely N-dealkylation sites (N-methyl/N-ethyl adjacent to an activating group) is 1. The van der Waals surface area contributed by atoms with Crippen LogP contribution < -0.4 is 5.32 Å². The third-order valence-corrected chi connectivity index (χ3v) is 4.84. The molecule has 1 N–H and O–H groups in total. The van der Waals surface area contributed by atoms with Crippen LogP contribution >= 0.6 is 27.3 Å². The van der Waals surface area contributed by atoms with E-state index in [1.807, 2.05) is 18.4 Å². The summed E-state index contributed by atoms with van der Waals surface area (Å²) in [7, 11) is 0. The van der Waals surface area contributed by atoms with E-state index in [0.29, 0.717) is 0 Å². The molecule has 0 amide bonds. The van der Waals surface area contributed by atoms with Gasteiger partial charge in [-0.3, -0.25) is 0 Å². The van der Waals surface area contributed by atoms with Crippen molar-refractivity contribution >= 4 is 27.3 Å². The van der Waals surface area contributed by atoms with Crippen molar-refractivity contribution in [3.8, 4) is 0 Å². The standard InChI is InChI=1S/C15H15BrF3NS/c1-2-20-14(8-13-7-12(16)9-21-13)10-3-5-11(6-4-10)15(17,18)19/h3-7,9,14,20H,2,8H2,1H3. The first-order chi connectivity index (χ1) is 9.90. The zero-order valence-electron chi connectivity index (χ0n) is 11.4. The molecule has 21 heavy (non-hydrogen) atoms. The van der Waals surface area contributed by atoms with E-state index in [-0.39, 0.29) is 6.04 Å². The average Bonchev–Trinajstić information content (AvgIpc) is 2.83. The molecule has 1 unspecified atom stereocenters. The highest BCUT2D eigenvalue weighted by molar-refractivity contribution is 9.10. The largest absolute Gasteiger partial charge is 0.416 e. The number of thiophene rings is 1. The van der Waals surface area contributed by atoms with Gasteiger partial charge in [-0.25, -0.2) is 0 Å². The Morgan fingerprint density at radius 3 is 2.38 bits per heavy atom. The number of rotatable bonds is 5. The van der Waals surface area contributed by atoms with E-state index >= 15 is 0 Å². The van der Waals surface area contributed by atoms with Gasteiger partial charge >= 0.3 is 6.18 Å². The van der Waals surface area contributed by atoms with Gasteiger partial charge < -0.3 is 5.32 Å². The van der Waals surface area contributed by atoms with E-state index in [0.717, 1.165) is 35.1 Å². The number of nitrogens with one attached hydrogen (secondary N) is 1. The summed E-state index contributed by atoms with van der Waals surface area (Å²) in [6.07, 6.45) is -3.53. The molecule has 0 saturated heterocycles. The summed E-state index contributed by atoms with van der Waals surface area (Å²) in [5.41, 5.74) is 0.259. The molecule has 0 aliphatic heterocycles. The quantitative estimate of drug-likeness (QED) is 0.732. The van der Waals surface area contributed by atoms with E-state index in [9.17, 15) is 13.2 Å². The van der Waals surface area contributed by atoms with Crippen molar-refractivity contribution in [1.82, 2.24) is 5.32 Å². The van der Waals surface area contributed by atoms with Gasteiger partial charge in [-0.2, -0.15) is 13.2 Å². The molecule has 1 aromatic heterocycles. The van der Waals surface area contributed by atoms with Crippen LogP contribution in [0.25, 0.3) is 0 Å². The van der Waals surface area contributed by atoms with Crippen LogP contribution in [0.5, 0.6) is 0 Å². The molecule has 1 heterocycles. The molecule has 0 aliphatic rings. The molecule has 0 fully saturated rings. The van der Waals surface area contributed by atoms with E-state index in [1.54, 1.807) is 23.5 Å². The van der Waals surface area contributed by atoms with Crippen LogP contribution in [0, 0.1) is 0 Å². The van der Waals surface area contributed by atoms with Gasteiger partial charge in [-0.1, -0.05) is 19.1 Å². The van der Waals surface area contributed by atoms with Crippen LogP contribution in [0.4, 0.5) is 13.2 Å². The summed E-state index contributed by atoms with van der Waals surface area (Å²) in [6.45, 7) is 2.75. The Bertz CT molecular complexity index is 577. The molecule has 0 aliphatic carbocycles. The van der Waals surface area contributed by atoms with Crippen molar-refractivity contribution in [3.05, 3.63) is 56.2 Å². The molecule has 6 heteroatoms. The number of hydrogen-bond acceptors (Lipinski definition) is 2. The zero-order valence-corrected chi connectivity index (χ0v) is 13.8. The summed E-state index contributed by atoms with van der Waals surface area (Å²) in [4.78, 5) is 1.19. The van der Waals surface area contributed by atoms with Gasteiger partial charge in [-0.05, 0) is 46.2 Å². The smallest absolute Gasteiger partial charge is 0.310 e. The Hall–Kier alpha value is -0.850. The van der Waals surface area contributed by atoms with Gasteiger partial charge in [-0.15, -0.1) is 11.3 Å². The van der Waals surface area contributed by atoms with Crippen molar-refractivity contribution in [2.75, 3.05) is 6.54 Å². The molecule has 2 aromatic rings. The summed E-state index contributed by atoms with van der Waals surface area (Å²) in [6, 6.07) is 7.45. The van der Waals surface area contributed by atoms with Crippen LogP contribution in [0.3, 0.4) is 0 Å². The second kappa shape index (κ2) is 6.94. The average molecular weight is 378 g/mol. The number of hydrogen-bond donors (Lipinski definition) is 1. The summed E-state index contributed by atoms with van der Waals surface area (Å²) < 4.78 is 38.8. The van der Waals surface area contributed by atoms with Gasteiger partial charge in [0, 0.05) is 27.2 Å². The summed E-state index contributed by atoms with van der Waals surface area (Å²) in [5, 5.41) is 5.33. The van der Waals surface area contributed by atoms with Crippen LogP contribution in [-0.2, 0) is 12.6 Å². The first-order valence-electron chi connectivity index (χ1n) is 6.53. The topological polar surface area (TPSA) is 12.0 Å². The fourth-order valence-electron chi connectivity index (χ4n) is 2.12. The molecule has 0 spiro atoms. The number of alkyl halides is 3. The van der Waals surface area contributed by atoms with Crippen LogP contribution in [-0.4, -0.2) is 6.54 Å². The maximum Gasteiger partial charge on any atom is 0.416 e. The highest BCUT2D eigenvalue weighted by Crippen LogP contribution is 2.31. The van der Waals surface area contributed by atoms with Crippen LogP contribution in [0.1, 0.15) is 29.0 Å². The lowest BCUT2D eigenvalue weighted by Gasteiger charge is -2.18. The van der Waals surface area contributed by atoms with Gasteiger partial charge in [0.1, 0.15) is 0 Å².